The van der Waals surface area contributed by atoms with Crippen molar-refractivity contribution in [1.82, 2.24) is 10.2 Å². The lowest BCUT2D eigenvalue weighted by atomic mass is 10.2. The standard InChI is InChI=1S/C13H18Cl2N2O.ClH/c1-10-9-16-5-6-17(10)7-8-18-13-11(14)3-2-4-12(13)15;/h2-4,10,16H,5-9H2,1H3;1H/t10-;/m0./s1. The summed E-state index contributed by atoms with van der Waals surface area (Å²) in [5.41, 5.74) is 0. The van der Waals surface area contributed by atoms with Crippen LogP contribution in [0.4, 0.5) is 0 Å². The second-order valence-electron chi connectivity index (χ2n) is 4.49. The van der Waals surface area contributed by atoms with Crippen LogP contribution in [-0.2, 0) is 0 Å². The lowest BCUT2D eigenvalue weighted by molar-refractivity contribution is 0.143. The number of halogens is 3. The number of benzene rings is 1. The maximum atomic E-state index is 6.05. The SMILES string of the molecule is C[C@H]1CNCCN1CCOc1c(Cl)cccc1Cl.Cl. The van der Waals surface area contributed by atoms with Crippen molar-refractivity contribution in [1.29, 1.82) is 0 Å². The van der Waals surface area contributed by atoms with Gasteiger partial charge in [0.15, 0.2) is 5.75 Å². The molecule has 1 aromatic rings. The van der Waals surface area contributed by atoms with E-state index < -0.39 is 0 Å². The van der Waals surface area contributed by atoms with E-state index in [0.717, 1.165) is 26.2 Å². The van der Waals surface area contributed by atoms with E-state index in [1.807, 2.05) is 6.07 Å². The Morgan fingerprint density at radius 1 is 1.37 bits per heavy atom. The molecule has 1 N–H and O–H groups in total. The van der Waals surface area contributed by atoms with Gasteiger partial charge in [-0.1, -0.05) is 29.3 Å². The first-order valence-electron chi connectivity index (χ1n) is 6.20. The van der Waals surface area contributed by atoms with E-state index in [0.29, 0.717) is 28.4 Å². The van der Waals surface area contributed by atoms with E-state index in [4.69, 9.17) is 27.9 Å². The summed E-state index contributed by atoms with van der Waals surface area (Å²) in [5.74, 6) is 0.587. The molecule has 0 bridgehead atoms. The zero-order valence-corrected chi connectivity index (χ0v) is 13.2. The third-order valence-corrected chi connectivity index (χ3v) is 3.78. The molecule has 1 fully saturated rings. The average molecular weight is 326 g/mol. The molecule has 108 valence electrons. The second kappa shape index (κ2) is 8.18. The summed E-state index contributed by atoms with van der Waals surface area (Å²) < 4.78 is 5.69. The van der Waals surface area contributed by atoms with Crippen molar-refractivity contribution >= 4 is 35.6 Å². The topological polar surface area (TPSA) is 24.5 Å². The van der Waals surface area contributed by atoms with Crippen LogP contribution in [-0.4, -0.2) is 43.7 Å². The molecular formula is C13H19Cl3N2O. The summed E-state index contributed by atoms with van der Waals surface area (Å²) >= 11 is 12.1. The second-order valence-corrected chi connectivity index (χ2v) is 5.30. The molecule has 1 saturated heterocycles. The largest absolute Gasteiger partial charge is 0.489 e. The minimum Gasteiger partial charge on any atom is -0.489 e. The smallest absolute Gasteiger partial charge is 0.156 e. The van der Waals surface area contributed by atoms with Crippen molar-refractivity contribution in [3.63, 3.8) is 0 Å². The lowest BCUT2D eigenvalue weighted by Gasteiger charge is -2.33. The summed E-state index contributed by atoms with van der Waals surface area (Å²) in [6, 6.07) is 5.94. The van der Waals surface area contributed by atoms with Crippen LogP contribution < -0.4 is 10.1 Å². The molecule has 1 aliphatic heterocycles. The quantitative estimate of drug-likeness (QED) is 0.920. The van der Waals surface area contributed by atoms with Gasteiger partial charge in [0, 0.05) is 32.2 Å². The first kappa shape index (κ1) is 16.9. The molecule has 0 aromatic heterocycles. The number of piperazine rings is 1. The molecule has 2 rings (SSSR count). The summed E-state index contributed by atoms with van der Waals surface area (Å²) in [6.07, 6.45) is 0. The Morgan fingerprint density at radius 3 is 2.68 bits per heavy atom. The molecule has 1 aliphatic rings. The van der Waals surface area contributed by atoms with Gasteiger partial charge in [0.2, 0.25) is 0 Å². The van der Waals surface area contributed by atoms with Gasteiger partial charge in [-0.3, -0.25) is 4.90 Å². The van der Waals surface area contributed by atoms with Gasteiger partial charge < -0.3 is 10.1 Å². The average Bonchev–Trinajstić information content (AvgIpc) is 2.35. The van der Waals surface area contributed by atoms with Gasteiger partial charge >= 0.3 is 0 Å². The highest BCUT2D eigenvalue weighted by Gasteiger charge is 2.17. The molecule has 1 heterocycles. The third kappa shape index (κ3) is 4.69. The Labute approximate surface area is 130 Å². The number of rotatable bonds is 4. The van der Waals surface area contributed by atoms with Gasteiger partial charge in [0.1, 0.15) is 6.61 Å². The van der Waals surface area contributed by atoms with Gasteiger partial charge in [0.05, 0.1) is 10.0 Å². The molecule has 19 heavy (non-hydrogen) atoms. The molecule has 6 heteroatoms. The van der Waals surface area contributed by atoms with Crippen LogP contribution in [0.3, 0.4) is 0 Å². The fourth-order valence-corrected chi connectivity index (χ4v) is 2.61. The predicted molar refractivity (Wildman–Crippen MR) is 83.1 cm³/mol. The zero-order chi connectivity index (χ0) is 13.0. The van der Waals surface area contributed by atoms with Crippen LogP contribution in [0.15, 0.2) is 18.2 Å². The van der Waals surface area contributed by atoms with E-state index in [-0.39, 0.29) is 12.4 Å². The van der Waals surface area contributed by atoms with Crippen LogP contribution in [0.5, 0.6) is 5.75 Å². The highest BCUT2D eigenvalue weighted by Crippen LogP contribution is 2.32. The highest BCUT2D eigenvalue weighted by molar-refractivity contribution is 6.37. The molecule has 0 unspecified atom stereocenters. The van der Waals surface area contributed by atoms with Gasteiger partial charge in [-0.15, -0.1) is 12.4 Å². The Hall–Kier alpha value is -0.190. The van der Waals surface area contributed by atoms with E-state index in [9.17, 15) is 0 Å². The lowest BCUT2D eigenvalue weighted by Crippen LogP contribution is -2.50. The van der Waals surface area contributed by atoms with Crippen LogP contribution in [0.25, 0.3) is 0 Å². The molecule has 3 nitrogen and oxygen atoms in total. The molecule has 1 aromatic carbocycles. The number of hydrogen-bond acceptors (Lipinski definition) is 3. The Balaban J connectivity index is 0.00000180. The molecule has 1 atom stereocenters. The number of nitrogens with one attached hydrogen (secondary N) is 1. The first-order valence-corrected chi connectivity index (χ1v) is 6.95. The summed E-state index contributed by atoms with van der Waals surface area (Å²) in [6.45, 7) is 6.84. The maximum Gasteiger partial charge on any atom is 0.156 e. The van der Waals surface area contributed by atoms with Crippen molar-refractivity contribution in [2.45, 2.75) is 13.0 Å². The van der Waals surface area contributed by atoms with Crippen molar-refractivity contribution < 1.29 is 4.74 Å². The predicted octanol–water partition coefficient (Wildman–Crippen LogP) is 3.09. The minimum absolute atomic E-state index is 0. The monoisotopic (exact) mass is 324 g/mol. The van der Waals surface area contributed by atoms with E-state index in [1.165, 1.54) is 0 Å². The molecule has 0 aliphatic carbocycles. The third-order valence-electron chi connectivity index (χ3n) is 3.18. The first-order chi connectivity index (χ1) is 8.68. The number of para-hydroxylation sites is 1. The maximum absolute atomic E-state index is 6.05. The van der Waals surface area contributed by atoms with E-state index in [2.05, 4.69) is 17.1 Å². The fourth-order valence-electron chi connectivity index (χ4n) is 2.10. The van der Waals surface area contributed by atoms with Gasteiger partial charge in [0.25, 0.3) is 0 Å². The summed E-state index contributed by atoms with van der Waals surface area (Å²) in [4.78, 5) is 2.40. The van der Waals surface area contributed by atoms with Gasteiger partial charge in [-0.2, -0.15) is 0 Å². The van der Waals surface area contributed by atoms with Crippen LogP contribution in [0, 0.1) is 0 Å². The molecule has 0 amide bonds. The van der Waals surface area contributed by atoms with Crippen LogP contribution in [0.1, 0.15) is 6.92 Å². The zero-order valence-electron chi connectivity index (χ0n) is 10.9. The molecule has 0 radical (unpaired) electrons. The van der Waals surface area contributed by atoms with Crippen molar-refractivity contribution in [2.75, 3.05) is 32.8 Å². The summed E-state index contributed by atoms with van der Waals surface area (Å²) in [5, 5.41) is 4.50. The normalized spacial score (nSPS) is 19.8. The van der Waals surface area contributed by atoms with Gasteiger partial charge in [-0.05, 0) is 19.1 Å². The molecule has 0 spiro atoms. The molecular weight excluding hydrogens is 307 g/mol. The van der Waals surface area contributed by atoms with Crippen molar-refractivity contribution in [2.24, 2.45) is 0 Å². The van der Waals surface area contributed by atoms with E-state index in [1.54, 1.807) is 12.1 Å². The fraction of sp³-hybridized carbons (Fsp3) is 0.538. The van der Waals surface area contributed by atoms with Crippen molar-refractivity contribution in [3.05, 3.63) is 28.2 Å². The molecule has 0 saturated carbocycles. The number of nitrogens with zero attached hydrogens (tertiary/aromatic N) is 1. The van der Waals surface area contributed by atoms with Crippen LogP contribution >= 0.6 is 35.6 Å². The van der Waals surface area contributed by atoms with Crippen LogP contribution in [0.2, 0.25) is 10.0 Å². The Morgan fingerprint density at radius 2 is 2.05 bits per heavy atom. The Bertz CT molecular complexity index is 383. The summed E-state index contributed by atoms with van der Waals surface area (Å²) in [7, 11) is 0. The number of ether oxygens (including phenoxy) is 1. The van der Waals surface area contributed by atoms with Gasteiger partial charge in [-0.25, -0.2) is 0 Å². The highest BCUT2D eigenvalue weighted by atomic mass is 35.5. The Kier molecular flexibility index (Phi) is 7.26. The van der Waals surface area contributed by atoms with Crippen molar-refractivity contribution in [3.8, 4) is 5.75 Å². The number of hydrogen-bond donors (Lipinski definition) is 1. The van der Waals surface area contributed by atoms with E-state index >= 15 is 0 Å². The minimum atomic E-state index is 0.